The van der Waals surface area contributed by atoms with Crippen molar-refractivity contribution in [2.24, 2.45) is 0 Å². The van der Waals surface area contributed by atoms with Gasteiger partial charge in [0.15, 0.2) is 7.85 Å². The highest BCUT2D eigenvalue weighted by atomic mass is 14.7. The van der Waals surface area contributed by atoms with Gasteiger partial charge in [-0.1, -0.05) is 36.4 Å². The van der Waals surface area contributed by atoms with E-state index in [2.05, 4.69) is 23.2 Å². The first-order valence-electron chi connectivity index (χ1n) is 6.16. The Balaban J connectivity index is 2.08. The summed E-state index contributed by atoms with van der Waals surface area (Å²) in [5.41, 5.74) is 3.96. The molecule has 0 amide bonds. The van der Waals surface area contributed by atoms with E-state index in [1.54, 1.807) is 0 Å². The van der Waals surface area contributed by atoms with Crippen molar-refractivity contribution in [1.29, 1.82) is 5.26 Å². The van der Waals surface area contributed by atoms with Crippen LogP contribution in [0.1, 0.15) is 16.8 Å². The van der Waals surface area contributed by atoms with E-state index in [0.29, 0.717) is 0 Å². The number of fused-ring (bicyclic) bond motifs is 1. The average Bonchev–Trinajstić information content (AvgIpc) is 2.78. The number of aromatic nitrogens is 1. The molecule has 18 heavy (non-hydrogen) atoms. The van der Waals surface area contributed by atoms with Crippen molar-refractivity contribution in [3.63, 3.8) is 0 Å². The molecule has 1 aromatic heterocycles. The first-order chi connectivity index (χ1) is 8.73. The van der Waals surface area contributed by atoms with Crippen LogP contribution in [0.2, 0.25) is 0 Å². The van der Waals surface area contributed by atoms with Crippen LogP contribution in [0, 0.1) is 11.3 Å². The monoisotopic (exact) mass is 232 g/mol. The summed E-state index contributed by atoms with van der Waals surface area (Å²) < 4.78 is 0. The third kappa shape index (κ3) is 1.62. The molecule has 3 heteroatoms. The molecule has 0 N–H and O–H groups in total. The Morgan fingerprint density at radius 1 is 1.06 bits per heavy atom. The van der Waals surface area contributed by atoms with Gasteiger partial charge in [0.25, 0.3) is 0 Å². The first-order valence-corrected chi connectivity index (χ1v) is 6.16. The van der Waals surface area contributed by atoms with Gasteiger partial charge in [-0.15, -0.1) is 0 Å². The Bertz CT molecular complexity index is 618. The van der Waals surface area contributed by atoms with Crippen LogP contribution in [0.15, 0.2) is 42.5 Å². The number of pyridine rings is 1. The van der Waals surface area contributed by atoms with Crippen molar-refractivity contribution in [2.75, 3.05) is 0 Å². The van der Waals surface area contributed by atoms with Crippen molar-refractivity contribution in [3.8, 4) is 6.07 Å². The van der Waals surface area contributed by atoms with Crippen molar-refractivity contribution in [1.82, 2.24) is 4.98 Å². The van der Waals surface area contributed by atoms with Crippen LogP contribution in [-0.4, -0.2) is 12.8 Å². The number of rotatable bonds is 1. The smallest absolute Gasteiger partial charge is 0.163 e. The maximum absolute atomic E-state index is 9.64. The molecule has 2 aromatic rings. The normalized spacial score (nSPS) is 15.9. The Morgan fingerprint density at radius 2 is 1.72 bits per heavy atom. The molecule has 86 valence electrons. The Kier molecular flexibility index (Phi) is 2.45. The van der Waals surface area contributed by atoms with E-state index in [4.69, 9.17) is 0 Å². The molecule has 1 heterocycles. The molecule has 0 aliphatic heterocycles. The van der Waals surface area contributed by atoms with Crippen molar-refractivity contribution in [3.05, 3.63) is 59.3 Å². The topological polar surface area (TPSA) is 36.7 Å². The molecule has 0 radical (unpaired) electrons. The summed E-state index contributed by atoms with van der Waals surface area (Å²) in [5, 5.41) is 9.64. The summed E-state index contributed by atoms with van der Waals surface area (Å²) in [6.07, 6.45) is 1.55. The minimum Gasteiger partial charge on any atom is -0.267 e. The van der Waals surface area contributed by atoms with Gasteiger partial charge in [0, 0.05) is 0 Å². The first kappa shape index (κ1) is 11.0. The Hall–Kier alpha value is -2.08. The standard InChI is InChI=1S/C15H13BN2/c16-14-7-3-6-13(18-14)15(10-17)8-11-4-1-2-5-12(11)9-15/h1-7H,8-9,16H2. The Morgan fingerprint density at radius 3 is 2.28 bits per heavy atom. The van der Waals surface area contributed by atoms with Gasteiger partial charge in [-0.25, -0.2) is 0 Å². The zero-order valence-corrected chi connectivity index (χ0v) is 10.4. The van der Waals surface area contributed by atoms with Crippen LogP contribution in [-0.2, 0) is 18.3 Å². The SMILES string of the molecule is Bc1cccc(C2(C#N)Cc3ccccc3C2)n1. The third-order valence-electron chi connectivity index (χ3n) is 3.70. The van der Waals surface area contributed by atoms with Gasteiger partial charge in [0.1, 0.15) is 5.41 Å². The maximum atomic E-state index is 9.64. The van der Waals surface area contributed by atoms with E-state index < -0.39 is 5.41 Å². The second-order valence-electron chi connectivity index (χ2n) is 4.98. The zero-order valence-electron chi connectivity index (χ0n) is 10.4. The molecule has 0 bridgehead atoms. The summed E-state index contributed by atoms with van der Waals surface area (Å²) in [5.74, 6) is 0. The fourth-order valence-corrected chi connectivity index (χ4v) is 2.74. The molecule has 1 aromatic carbocycles. The van der Waals surface area contributed by atoms with Gasteiger partial charge in [0.2, 0.25) is 0 Å². The highest BCUT2D eigenvalue weighted by molar-refractivity contribution is 6.30. The molecule has 3 rings (SSSR count). The molecule has 0 fully saturated rings. The molecule has 0 saturated heterocycles. The van der Waals surface area contributed by atoms with Crippen molar-refractivity contribution < 1.29 is 0 Å². The van der Waals surface area contributed by atoms with Crippen LogP contribution in [0.5, 0.6) is 0 Å². The minimum atomic E-state index is -0.476. The van der Waals surface area contributed by atoms with E-state index in [1.807, 2.05) is 38.2 Å². The summed E-state index contributed by atoms with van der Waals surface area (Å²) >= 11 is 0. The quantitative estimate of drug-likeness (QED) is 0.685. The lowest BCUT2D eigenvalue weighted by Crippen LogP contribution is -2.28. The largest absolute Gasteiger partial charge is 0.267 e. The van der Waals surface area contributed by atoms with Crippen LogP contribution in [0.4, 0.5) is 0 Å². The molecule has 0 unspecified atom stereocenters. The average molecular weight is 232 g/mol. The highest BCUT2D eigenvalue weighted by Crippen LogP contribution is 2.38. The molecule has 0 spiro atoms. The van der Waals surface area contributed by atoms with E-state index in [1.165, 1.54) is 11.1 Å². The fraction of sp³-hybridized carbons (Fsp3) is 0.200. The van der Waals surface area contributed by atoms with E-state index >= 15 is 0 Å². The maximum Gasteiger partial charge on any atom is 0.163 e. The molecule has 0 saturated carbocycles. The number of nitriles is 1. The minimum absolute atomic E-state index is 0.476. The lowest BCUT2D eigenvalue weighted by Gasteiger charge is -2.19. The van der Waals surface area contributed by atoms with Gasteiger partial charge in [-0.3, -0.25) is 4.98 Å². The summed E-state index contributed by atoms with van der Waals surface area (Å²) in [6.45, 7) is 0. The number of hydrogen-bond donors (Lipinski definition) is 0. The van der Waals surface area contributed by atoms with Crippen molar-refractivity contribution >= 4 is 13.4 Å². The van der Waals surface area contributed by atoms with Crippen molar-refractivity contribution in [2.45, 2.75) is 18.3 Å². The van der Waals surface area contributed by atoms with Gasteiger partial charge in [-0.2, -0.15) is 5.26 Å². The second-order valence-corrected chi connectivity index (χ2v) is 4.98. The van der Waals surface area contributed by atoms with Crippen LogP contribution >= 0.6 is 0 Å². The third-order valence-corrected chi connectivity index (χ3v) is 3.70. The second kappa shape index (κ2) is 3.99. The van der Waals surface area contributed by atoms with Gasteiger partial charge < -0.3 is 0 Å². The number of hydrogen-bond acceptors (Lipinski definition) is 2. The lowest BCUT2D eigenvalue weighted by molar-refractivity contribution is 0.569. The predicted molar refractivity (Wildman–Crippen MR) is 73.6 cm³/mol. The molecule has 2 nitrogen and oxygen atoms in total. The summed E-state index contributed by atoms with van der Waals surface area (Å²) in [7, 11) is 1.97. The molecular formula is C15H13BN2. The highest BCUT2D eigenvalue weighted by Gasteiger charge is 2.40. The predicted octanol–water partition coefficient (Wildman–Crippen LogP) is 0.900. The summed E-state index contributed by atoms with van der Waals surface area (Å²) in [4.78, 5) is 4.56. The molecular weight excluding hydrogens is 219 g/mol. The van der Waals surface area contributed by atoms with Crippen LogP contribution in [0.25, 0.3) is 0 Å². The van der Waals surface area contributed by atoms with Crippen LogP contribution in [0.3, 0.4) is 0 Å². The van der Waals surface area contributed by atoms with E-state index in [0.717, 1.165) is 24.1 Å². The molecule has 1 aliphatic carbocycles. The van der Waals surface area contributed by atoms with E-state index in [-0.39, 0.29) is 0 Å². The molecule has 1 aliphatic rings. The molecule has 0 atom stereocenters. The van der Waals surface area contributed by atoms with Crippen LogP contribution < -0.4 is 5.59 Å². The number of nitrogens with zero attached hydrogens (tertiary/aromatic N) is 2. The zero-order chi connectivity index (χ0) is 12.6. The number of benzene rings is 1. The lowest BCUT2D eigenvalue weighted by atomic mass is 9.82. The van der Waals surface area contributed by atoms with E-state index in [9.17, 15) is 5.26 Å². The van der Waals surface area contributed by atoms with Gasteiger partial charge >= 0.3 is 0 Å². The Labute approximate surface area is 108 Å². The van der Waals surface area contributed by atoms with Gasteiger partial charge in [0.05, 0.1) is 11.8 Å². The summed E-state index contributed by atoms with van der Waals surface area (Å²) in [6, 6.07) is 16.7. The fourth-order valence-electron chi connectivity index (χ4n) is 2.74. The van der Waals surface area contributed by atoms with Gasteiger partial charge in [-0.05, 0) is 35.6 Å².